The Morgan fingerprint density at radius 1 is 1.50 bits per heavy atom. The van der Waals surface area contributed by atoms with Crippen molar-refractivity contribution in [1.82, 2.24) is 0 Å². The Morgan fingerprint density at radius 3 is 2.79 bits per heavy atom. The first-order valence-corrected chi connectivity index (χ1v) is 5.57. The number of aliphatic hydroxyl groups is 1. The van der Waals surface area contributed by atoms with Gasteiger partial charge in [-0.2, -0.15) is 0 Å². The van der Waals surface area contributed by atoms with E-state index in [1.165, 1.54) is 5.56 Å². The highest BCUT2D eigenvalue weighted by atomic mass is 79.9. The number of halogens is 1. The van der Waals surface area contributed by atoms with E-state index in [1.807, 2.05) is 19.1 Å². The van der Waals surface area contributed by atoms with Crippen LogP contribution >= 0.6 is 15.9 Å². The second-order valence-corrected chi connectivity index (χ2v) is 4.51. The van der Waals surface area contributed by atoms with Crippen molar-refractivity contribution < 1.29 is 5.11 Å². The van der Waals surface area contributed by atoms with Gasteiger partial charge in [0, 0.05) is 10.5 Å². The van der Waals surface area contributed by atoms with Crippen molar-refractivity contribution in [2.75, 3.05) is 0 Å². The molecule has 0 aliphatic heterocycles. The molecule has 2 nitrogen and oxygen atoms in total. The second kappa shape index (κ2) is 5.49. The molecule has 0 amide bonds. The molecule has 0 aromatic heterocycles. The smallest absolute Gasteiger partial charge is 0.0691 e. The lowest BCUT2D eigenvalue weighted by atomic mass is 10.0. The number of hydrogen-bond donors (Lipinski definition) is 2. The Labute approximate surface area is 93.3 Å². The van der Waals surface area contributed by atoms with E-state index in [0.717, 1.165) is 10.9 Å². The molecule has 3 heteroatoms. The summed E-state index contributed by atoms with van der Waals surface area (Å²) in [6.45, 7) is 1.82. The highest BCUT2D eigenvalue weighted by molar-refractivity contribution is 9.10. The minimum absolute atomic E-state index is 0.151. The molecule has 0 bridgehead atoms. The fraction of sp³-hybridized carbons (Fsp3) is 0.455. The largest absolute Gasteiger partial charge is 0.392 e. The van der Waals surface area contributed by atoms with Gasteiger partial charge in [-0.15, -0.1) is 0 Å². The highest BCUT2D eigenvalue weighted by Gasteiger charge is 2.08. The van der Waals surface area contributed by atoms with Crippen LogP contribution in [0.15, 0.2) is 28.7 Å². The quantitative estimate of drug-likeness (QED) is 0.868. The molecule has 0 saturated heterocycles. The molecule has 0 aliphatic rings. The molecule has 0 aliphatic carbocycles. The van der Waals surface area contributed by atoms with E-state index >= 15 is 0 Å². The summed E-state index contributed by atoms with van der Waals surface area (Å²) < 4.78 is 1.07. The van der Waals surface area contributed by atoms with Crippen LogP contribution in [-0.2, 0) is 6.42 Å². The Morgan fingerprint density at radius 2 is 2.21 bits per heavy atom. The molecule has 0 radical (unpaired) electrons. The summed E-state index contributed by atoms with van der Waals surface area (Å²) >= 11 is 3.41. The summed E-state index contributed by atoms with van der Waals surface area (Å²) in [6, 6.07) is 7.96. The van der Waals surface area contributed by atoms with E-state index in [4.69, 9.17) is 5.73 Å². The molecule has 3 N–H and O–H groups in total. The van der Waals surface area contributed by atoms with E-state index in [2.05, 4.69) is 28.1 Å². The maximum Gasteiger partial charge on any atom is 0.0691 e. The van der Waals surface area contributed by atoms with Crippen molar-refractivity contribution in [3.8, 4) is 0 Å². The number of aryl methyl sites for hydroxylation is 1. The molecule has 1 aromatic carbocycles. The first-order valence-electron chi connectivity index (χ1n) is 4.77. The van der Waals surface area contributed by atoms with Crippen molar-refractivity contribution >= 4 is 15.9 Å². The van der Waals surface area contributed by atoms with Crippen molar-refractivity contribution in [1.29, 1.82) is 0 Å². The zero-order chi connectivity index (χ0) is 10.6. The molecular weight excluding hydrogens is 242 g/mol. The minimum Gasteiger partial charge on any atom is -0.392 e. The third-order valence-corrected chi connectivity index (χ3v) is 2.72. The standard InChI is InChI=1S/C11H16BrNO/c1-8(13)11(14)6-5-9-3-2-4-10(12)7-9/h2-4,7-8,11,14H,5-6,13H2,1H3. The monoisotopic (exact) mass is 257 g/mol. The Balaban J connectivity index is 2.45. The Hall–Kier alpha value is -0.380. The van der Waals surface area contributed by atoms with Gasteiger partial charge in [-0.3, -0.25) is 0 Å². The van der Waals surface area contributed by atoms with Gasteiger partial charge in [-0.05, 0) is 37.5 Å². The third kappa shape index (κ3) is 3.78. The summed E-state index contributed by atoms with van der Waals surface area (Å²) in [7, 11) is 0. The normalized spacial score (nSPS) is 15.1. The number of aliphatic hydroxyl groups excluding tert-OH is 1. The average molecular weight is 258 g/mol. The van der Waals surface area contributed by atoms with Gasteiger partial charge < -0.3 is 10.8 Å². The summed E-state index contributed by atoms with van der Waals surface area (Å²) in [5.41, 5.74) is 6.79. The molecule has 14 heavy (non-hydrogen) atoms. The molecule has 2 atom stereocenters. The van der Waals surface area contributed by atoms with E-state index < -0.39 is 6.10 Å². The minimum atomic E-state index is -0.408. The van der Waals surface area contributed by atoms with Crippen LogP contribution in [0.4, 0.5) is 0 Å². The molecule has 0 saturated carbocycles. The van der Waals surface area contributed by atoms with Gasteiger partial charge in [0.2, 0.25) is 0 Å². The van der Waals surface area contributed by atoms with Crippen LogP contribution in [-0.4, -0.2) is 17.3 Å². The van der Waals surface area contributed by atoms with Gasteiger partial charge >= 0.3 is 0 Å². The van der Waals surface area contributed by atoms with Gasteiger partial charge in [0.25, 0.3) is 0 Å². The van der Waals surface area contributed by atoms with Crippen LogP contribution in [0.3, 0.4) is 0 Å². The molecule has 1 rings (SSSR count). The Kier molecular flexibility index (Phi) is 4.58. The van der Waals surface area contributed by atoms with Gasteiger partial charge in [-0.1, -0.05) is 28.1 Å². The van der Waals surface area contributed by atoms with Gasteiger partial charge in [-0.25, -0.2) is 0 Å². The first-order chi connectivity index (χ1) is 6.59. The molecule has 2 unspecified atom stereocenters. The molecule has 78 valence electrons. The van der Waals surface area contributed by atoms with Crippen molar-refractivity contribution in [2.24, 2.45) is 5.73 Å². The summed E-state index contributed by atoms with van der Waals surface area (Å²) in [5, 5.41) is 9.52. The van der Waals surface area contributed by atoms with E-state index in [0.29, 0.717) is 6.42 Å². The van der Waals surface area contributed by atoms with E-state index in [-0.39, 0.29) is 6.04 Å². The number of nitrogens with two attached hydrogens (primary N) is 1. The number of benzene rings is 1. The fourth-order valence-electron chi connectivity index (χ4n) is 1.27. The SMILES string of the molecule is CC(N)C(O)CCc1cccc(Br)c1. The van der Waals surface area contributed by atoms with Gasteiger partial charge in [0.1, 0.15) is 0 Å². The van der Waals surface area contributed by atoms with Gasteiger partial charge in [0.15, 0.2) is 0 Å². The molecule has 0 heterocycles. The van der Waals surface area contributed by atoms with Crippen LogP contribution in [0.2, 0.25) is 0 Å². The highest BCUT2D eigenvalue weighted by Crippen LogP contribution is 2.14. The van der Waals surface area contributed by atoms with Crippen molar-refractivity contribution in [3.05, 3.63) is 34.3 Å². The van der Waals surface area contributed by atoms with Gasteiger partial charge in [0.05, 0.1) is 6.10 Å². The van der Waals surface area contributed by atoms with Crippen LogP contribution in [0, 0.1) is 0 Å². The topological polar surface area (TPSA) is 46.2 Å². The first kappa shape index (κ1) is 11.7. The molecule has 0 spiro atoms. The average Bonchev–Trinajstić information content (AvgIpc) is 2.14. The summed E-state index contributed by atoms with van der Waals surface area (Å²) in [4.78, 5) is 0. The van der Waals surface area contributed by atoms with Crippen LogP contribution in [0.1, 0.15) is 18.9 Å². The van der Waals surface area contributed by atoms with E-state index in [1.54, 1.807) is 0 Å². The molecular formula is C11H16BrNO. The summed E-state index contributed by atoms with van der Waals surface area (Å²) in [6.07, 6.45) is 1.17. The molecule has 1 aromatic rings. The summed E-state index contributed by atoms with van der Waals surface area (Å²) in [5.74, 6) is 0. The third-order valence-electron chi connectivity index (χ3n) is 2.22. The zero-order valence-electron chi connectivity index (χ0n) is 8.28. The van der Waals surface area contributed by atoms with Crippen LogP contribution < -0.4 is 5.73 Å². The maximum atomic E-state index is 9.52. The zero-order valence-corrected chi connectivity index (χ0v) is 9.87. The predicted molar refractivity (Wildman–Crippen MR) is 62.1 cm³/mol. The second-order valence-electron chi connectivity index (χ2n) is 3.60. The maximum absolute atomic E-state index is 9.52. The van der Waals surface area contributed by atoms with Crippen LogP contribution in [0.5, 0.6) is 0 Å². The number of rotatable bonds is 4. The predicted octanol–water partition coefficient (Wildman–Crippen LogP) is 2.09. The fourth-order valence-corrected chi connectivity index (χ4v) is 1.72. The van der Waals surface area contributed by atoms with E-state index in [9.17, 15) is 5.11 Å². The lowest BCUT2D eigenvalue weighted by Gasteiger charge is -2.13. The Bertz CT molecular complexity index is 288. The lowest BCUT2D eigenvalue weighted by Crippen LogP contribution is -2.31. The van der Waals surface area contributed by atoms with Crippen molar-refractivity contribution in [3.63, 3.8) is 0 Å². The van der Waals surface area contributed by atoms with Crippen molar-refractivity contribution in [2.45, 2.75) is 31.9 Å². The lowest BCUT2D eigenvalue weighted by molar-refractivity contribution is 0.141. The molecule has 0 fully saturated rings. The number of hydrogen-bond acceptors (Lipinski definition) is 2. The van der Waals surface area contributed by atoms with Crippen LogP contribution in [0.25, 0.3) is 0 Å².